The lowest BCUT2D eigenvalue weighted by molar-refractivity contribution is -0.0980. The van der Waals surface area contributed by atoms with Gasteiger partial charge in [-0.1, -0.05) is 95.1 Å². The van der Waals surface area contributed by atoms with Crippen LogP contribution in [0.2, 0.25) is 44.3 Å². The molecule has 1 fully saturated rings. The molecular formula is C40H90O23Si8. The van der Waals surface area contributed by atoms with Gasteiger partial charge in [-0.25, -0.2) is 0 Å². The van der Waals surface area contributed by atoms with Crippen LogP contribution in [-0.4, -0.2) is 194 Å². The molecule has 2 aromatic rings. The number of carbonyl (C=O) groups excluding carboxylic acids is 1. The zero-order chi connectivity index (χ0) is 53.4. The minimum absolute atomic E-state index is 0. The van der Waals surface area contributed by atoms with E-state index in [0.29, 0.717) is 25.9 Å². The van der Waals surface area contributed by atoms with Crippen molar-refractivity contribution in [1.82, 2.24) is 0 Å². The van der Waals surface area contributed by atoms with E-state index in [9.17, 15) is 19.2 Å². The molecule has 0 spiro atoms. The largest absolute Gasteiger partial charge is 0.524 e. The maximum atomic E-state index is 9.97. The Hall–Kier alpha value is -1.55. The van der Waals surface area contributed by atoms with E-state index >= 15 is 0 Å². The molecule has 1 saturated heterocycles. The second-order valence-corrected chi connectivity index (χ2v) is 34.2. The van der Waals surface area contributed by atoms with Crippen LogP contribution in [0.5, 0.6) is 0 Å². The minimum Gasteiger partial charge on any atom is -0.398 e. The molecule has 12 N–H and O–H groups in total. The van der Waals surface area contributed by atoms with Crippen molar-refractivity contribution in [3.05, 3.63) is 86.0 Å². The summed E-state index contributed by atoms with van der Waals surface area (Å²) in [5, 5.41) is 0.316. The topological polar surface area (TPSA) is 355 Å². The molecule has 0 aromatic heterocycles. The van der Waals surface area contributed by atoms with Gasteiger partial charge in [0.25, 0.3) is 0 Å². The van der Waals surface area contributed by atoms with Gasteiger partial charge in [-0.2, -0.15) is 0 Å². The Morgan fingerprint density at radius 3 is 1.18 bits per heavy atom. The van der Waals surface area contributed by atoms with Crippen LogP contribution in [0.15, 0.2) is 86.0 Å². The number of ether oxygens (including phenoxy) is 2. The first-order chi connectivity index (χ1) is 31.3. The Kier molecular flexibility index (Phi) is 46.3. The fraction of sp³-hybridized carbons (Fsp3) is 0.575. The third-order valence-electron chi connectivity index (χ3n) is 7.83. The lowest BCUT2D eigenvalue weighted by Crippen LogP contribution is -2.64. The molecule has 0 aliphatic carbocycles. The van der Waals surface area contributed by atoms with Crippen LogP contribution in [0.3, 0.4) is 0 Å². The van der Waals surface area contributed by atoms with Crippen LogP contribution in [0, 0.1) is 0 Å². The molecule has 3 rings (SSSR count). The molecule has 0 saturated carbocycles. The van der Waals surface area contributed by atoms with Crippen molar-refractivity contribution >= 4 is 87.4 Å². The SMILES string of the molecule is C.C.C.C=CC[Si](O)(O)O[Si](O)(O)CC=C.C=O.CCO[Si](C)(OCC)OCC.CO[Si](C)(CCCOCC1CO1)OC.C[Si](O)(O)O[Si](C)(O)O.O[Si](O)(O[Si](O)(O)c1ccccc1)c1ccccc1. The van der Waals surface area contributed by atoms with Gasteiger partial charge in [0, 0.05) is 82.7 Å². The Bertz CT molecular complexity index is 1470. The first-order valence-corrected chi connectivity index (χ1v) is 37.9. The highest BCUT2D eigenvalue weighted by Crippen LogP contribution is 2.16. The van der Waals surface area contributed by atoms with E-state index in [0.717, 1.165) is 45.4 Å². The summed E-state index contributed by atoms with van der Waals surface area (Å²) in [4.78, 5) is 119. The van der Waals surface area contributed by atoms with Crippen molar-refractivity contribution in [2.75, 3.05) is 53.9 Å². The lowest BCUT2D eigenvalue weighted by atomic mass is 10.4. The molecule has 31 heteroatoms. The second-order valence-electron chi connectivity index (χ2n) is 14.4. The van der Waals surface area contributed by atoms with Crippen LogP contribution in [0.1, 0.15) is 49.5 Å². The lowest BCUT2D eigenvalue weighted by Gasteiger charge is -2.25. The average molecular weight is 1160 g/mol. The average Bonchev–Trinajstić information content (AvgIpc) is 4.06. The van der Waals surface area contributed by atoms with Crippen molar-refractivity contribution < 1.29 is 106 Å². The van der Waals surface area contributed by atoms with Crippen LogP contribution >= 0.6 is 0 Å². The highest BCUT2D eigenvalue weighted by atomic mass is 28.5. The number of benzene rings is 2. The van der Waals surface area contributed by atoms with E-state index in [2.05, 4.69) is 27.9 Å². The molecule has 1 unspecified atom stereocenters. The Balaban J connectivity index is -0.000000186. The molecule has 23 nitrogen and oxygen atoms in total. The van der Waals surface area contributed by atoms with E-state index in [1.807, 2.05) is 34.1 Å². The number of hydrogen-bond donors (Lipinski definition) is 12. The first-order valence-electron chi connectivity index (χ1n) is 21.0. The van der Waals surface area contributed by atoms with Gasteiger partial charge in [0.05, 0.1) is 13.2 Å². The van der Waals surface area contributed by atoms with E-state index in [-0.39, 0.29) is 44.7 Å². The predicted octanol–water partition coefficient (Wildman–Crippen LogP) is 0.541. The highest BCUT2D eigenvalue weighted by Gasteiger charge is 2.48. The Morgan fingerprint density at radius 1 is 0.592 bits per heavy atom. The monoisotopic (exact) mass is 1160 g/mol. The molecule has 0 radical (unpaired) electrons. The van der Waals surface area contributed by atoms with Gasteiger partial charge in [-0.3, -0.25) is 0 Å². The van der Waals surface area contributed by atoms with Gasteiger partial charge in [-0.05, 0) is 39.8 Å². The van der Waals surface area contributed by atoms with Crippen molar-refractivity contribution in [3.63, 3.8) is 0 Å². The summed E-state index contributed by atoms with van der Waals surface area (Å²) < 4.78 is 50.9. The van der Waals surface area contributed by atoms with Gasteiger partial charge < -0.3 is 106 Å². The van der Waals surface area contributed by atoms with Crippen molar-refractivity contribution in [2.45, 2.75) is 99.9 Å². The second kappa shape index (κ2) is 40.7. The highest BCUT2D eigenvalue weighted by molar-refractivity contribution is 6.85. The third-order valence-corrected chi connectivity index (χ3v) is 25.1. The number of hydrogen-bond acceptors (Lipinski definition) is 23. The zero-order valence-electron chi connectivity index (χ0n) is 40.6. The third kappa shape index (κ3) is 44.5. The maximum absolute atomic E-state index is 9.97. The van der Waals surface area contributed by atoms with E-state index in [1.54, 1.807) is 50.6 Å². The summed E-state index contributed by atoms with van der Waals surface area (Å²) in [6.07, 6.45) is 3.87. The normalized spacial score (nSPS) is 13.5. The summed E-state index contributed by atoms with van der Waals surface area (Å²) in [6.45, 7) is 24.8. The first kappa shape index (κ1) is 80.8. The quantitative estimate of drug-likeness (QED) is 0.0265. The number of rotatable bonds is 26. The van der Waals surface area contributed by atoms with Crippen LogP contribution in [-0.2, 0) is 48.7 Å². The van der Waals surface area contributed by atoms with Crippen LogP contribution < -0.4 is 10.4 Å². The van der Waals surface area contributed by atoms with Gasteiger partial charge in [0.2, 0.25) is 0 Å². The van der Waals surface area contributed by atoms with Gasteiger partial charge in [-0.15, -0.1) is 13.2 Å². The summed E-state index contributed by atoms with van der Waals surface area (Å²) in [5.41, 5.74) is 0. The molecule has 0 bridgehead atoms. The minimum atomic E-state index is -4.34. The molecular weight excluding hydrogens is 1070 g/mol. The Labute approximate surface area is 431 Å². The number of allylic oxidation sites excluding steroid dienone is 2. The number of epoxide rings is 1. The summed E-state index contributed by atoms with van der Waals surface area (Å²) >= 11 is 0. The Morgan fingerprint density at radius 2 is 0.930 bits per heavy atom. The zero-order valence-corrected chi connectivity index (χ0v) is 48.6. The molecule has 2 aromatic carbocycles. The summed E-state index contributed by atoms with van der Waals surface area (Å²) in [6, 6.07) is 16.4. The molecule has 1 aliphatic rings. The smallest absolute Gasteiger partial charge is 0.398 e. The molecule has 1 heterocycles. The van der Waals surface area contributed by atoms with E-state index < -0.39 is 70.2 Å². The van der Waals surface area contributed by atoms with Crippen LogP contribution in [0.25, 0.3) is 0 Å². The molecule has 0 amide bonds. The van der Waals surface area contributed by atoms with Crippen molar-refractivity contribution in [2.24, 2.45) is 0 Å². The maximum Gasteiger partial charge on any atom is 0.524 e. The molecule has 420 valence electrons. The molecule has 71 heavy (non-hydrogen) atoms. The van der Waals surface area contributed by atoms with Gasteiger partial charge in [0.15, 0.2) is 0 Å². The fourth-order valence-corrected chi connectivity index (χ4v) is 18.2. The van der Waals surface area contributed by atoms with E-state index in [4.69, 9.17) is 78.9 Å². The number of carbonyl (C=O) groups is 1. The van der Waals surface area contributed by atoms with Crippen molar-refractivity contribution in [1.29, 1.82) is 0 Å². The van der Waals surface area contributed by atoms with Crippen LogP contribution in [0.4, 0.5) is 0 Å². The summed E-state index contributed by atoms with van der Waals surface area (Å²) in [7, 11) is -24.8. The molecule has 1 aliphatic heterocycles. The van der Waals surface area contributed by atoms with Crippen molar-refractivity contribution in [3.8, 4) is 0 Å². The van der Waals surface area contributed by atoms with E-state index in [1.165, 1.54) is 36.4 Å². The fourth-order valence-electron chi connectivity index (χ4n) is 4.79. The standard InChI is InChI=1S/C12H14O5Si2.C9H20O4Si.C7H18O3Si.C6H14O5Si2.C2H10O5Si2.CH2O.3CH4/c13-18(14,11-7-3-1-4-8-11)17-19(15,16)12-9-5-2-6-10-12;1-10-14(3,11-2)6-4-5-12-7-9-8-13-9;1-5-8-11(4,9-6-2)10-7-3;1-3-5-12(7,8)11-13(9,10)6-4-2;1-8(3,4)7-9(2,5)6;1-2;;;/h1-10,13-16H;9H,4-8H2,1-3H3;5-7H2,1-4H3;3-4,7-10H,1-2,5-6H2;3-6H,1-2H3;1H2;3*1H4. The summed E-state index contributed by atoms with van der Waals surface area (Å²) in [5.74, 6) is 0. The van der Waals surface area contributed by atoms with Gasteiger partial charge in [0.1, 0.15) is 12.9 Å². The predicted molar refractivity (Wildman–Crippen MR) is 288 cm³/mol. The van der Waals surface area contributed by atoms with Gasteiger partial charge >= 0.3 is 70.2 Å². The molecule has 1 atom stereocenters.